The van der Waals surface area contributed by atoms with Crippen LogP contribution in [0.4, 0.5) is 8.78 Å². The van der Waals surface area contributed by atoms with Crippen molar-refractivity contribution in [1.82, 2.24) is 9.88 Å². The molecule has 1 aliphatic rings. The van der Waals surface area contributed by atoms with E-state index in [2.05, 4.69) is 21.7 Å². The number of hydrogen-bond donors (Lipinski definition) is 1. The number of methoxy groups -OCH3 is 1. The van der Waals surface area contributed by atoms with Crippen LogP contribution in [-0.4, -0.2) is 47.7 Å². The maximum absolute atomic E-state index is 15.6. The molecule has 0 unspecified atom stereocenters. The zero-order valence-electron chi connectivity index (χ0n) is 19.8. The van der Waals surface area contributed by atoms with Gasteiger partial charge >= 0.3 is 5.97 Å². The predicted molar refractivity (Wildman–Crippen MR) is 138 cm³/mol. The first kappa shape index (κ1) is 26.3. The van der Waals surface area contributed by atoms with E-state index in [1.54, 1.807) is 25.3 Å². The highest BCUT2D eigenvalue weighted by atomic mass is 35.5. The van der Waals surface area contributed by atoms with Gasteiger partial charge in [-0.2, -0.15) is 0 Å². The Morgan fingerprint density at radius 1 is 1.39 bits per heavy atom. The van der Waals surface area contributed by atoms with Crippen molar-refractivity contribution in [3.05, 3.63) is 57.1 Å². The molecule has 0 aliphatic carbocycles. The molecule has 4 rings (SSSR count). The van der Waals surface area contributed by atoms with E-state index in [1.807, 2.05) is 0 Å². The van der Waals surface area contributed by atoms with Crippen LogP contribution in [0.5, 0.6) is 5.75 Å². The first-order valence-electron chi connectivity index (χ1n) is 11.8. The van der Waals surface area contributed by atoms with E-state index in [-0.39, 0.29) is 35.5 Å². The van der Waals surface area contributed by atoms with E-state index in [0.717, 1.165) is 13.0 Å². The van der Waals surface area contributed by atoms with Crippen molar-refractivity contribution in [1.29, 1.82) is 0 Å². The molecule has 36 heavy (non-hydrogen) atoms. The molecule has 1 aliphatic heterocycles. The number of thiophene rings is 1. The van der Waals surface area contributed by atoms with E-state index < -0.39 is 12.1 Å². The molecule has 3 aromatic rings. The largest absolute Gasteiger partial charge is 0.497 e. The summed E-state index contributed by atoms with van der Waals surface area (Å²) >= 11 is 7.62. The summed E-state index contributed by atoms with van der Waals surface area (Å²) in [7, 11) is 1.55. The molecule has 1 N–H and O–H groups in total. The van der Waals surface area contributed by atoms with Gasteiger partial charge in [0.05, 0.1) is 29.1 Å². The maximum Gasteiger partial charge on any atom is 0.303 e. The molecule has 0 spiro atoms. The van der Waals surface area contributed by atoms with Crippen LogP contribution in [0.25, 0.3) is 10.9 Å². The minimum Gasteiger partial charge on any atom is -0.497 e. The number of aromatic nitrogens is 1. The summed E-state index contributed by atoms with van der Waals surface area (Å²) in [5.74, 6) is 5.44. The Morgan fingerprint density at radius 2 is 2.22 bits per heavy atom. The van der Waals surface area contributed by atoms with Gasteiger partial charge in [0.2, 0.25) is 0 Å². The van der Waals surface area contributed by atoms with Gasteiger partial charge in [-0.25, -0.2) is 8.78 Å². The number of halogens is 3. The summed E-state index contributed by atoms with van der Waals surface area (Å²) in [4.78, 5) is 18.6. The lowest BCUT2D eigenvalue weighted by atomic mass is 9.79. The lowest BCUT2D eigenvalue weighted by molar-refractivity contribution is -0.139. The van der Waals surface area contributed by atoms with Gasteiger partial charge < -0.3 is 9.84 Å². The Bertz CT molecular complexity index is 1290. The summed E-state index contributed by atoms with van der Waals surface area (Å²) < 4.78 is 34.0. The van der Waals surface area contributed by atoms with Crippen LogP contribution in [0.15, 0.2) is 35.8 Å². The fourth-order valence-electron chi connectivity index (χ4n) is 4.87. The minimum atomic E-state index is -1.31. The van der Waals surface area contributed by atoms with Crippen LogP contribution >= 0.6 is 22.9 Å². The number of carboxylic acid groups (broad SMARTS) is 1. The van der Waals surface area contributed by atoms with Gasteiger partial charge in [-0.3, -0.25) is 14.7 Å². The molecule has 0 saturated carbocycles. The lowest BCUT2D eigenvalue weighted by Gasteiger charge is -2.37. The van der Waals surface area contributed by atoms with Crippen molar-refractivity contribution in [3.63, 3.8) is 0 Å². The molecule has 9 heteroatoms. The number of fused-ring (bicyclic) bond motifs is 1. The van der Waals surface area contributed by atoms with Crippen molar-refractivity contribution in [2.24, 2.45) is 11.8 Å². The second kappa shape index (κ2) is 12.0. The summed E-state index contributed by atoms with van der Waals surface area (Å²) in [5, 5.41) is 11.8. The number of carbonyl (C=O) groups is 1. The van der Waals surface area contributed by atoms with E-state index >= 15 is 4.39 Å². The van der Waals surface area contributed by atoms with Crippen molar-refractivity contribution < 1.29 is 23.4 Å². The topological polar surface area (TPSA) is 62.7 Å². The van der Waals surface area contributed by atoms with Crippen molar-refractivity contribution in [2.75, 3.05) is 26.7 Å². The SMILES string of the molecule is COc1ccc2ncc(Cl)c([C@@H](F)CC[C@@H]3CCN(CC#Cc4cc(F)cs4)C[C@@H]3CC(=O)O)c2c1. The first-order valence-corrected chi connectivity index (χ1v) is 13.0. The number of likely N-dealkylation sites (tertiary alicyclic amines) is 1. The highest BCUT2D eigenvalue weighted by molar-refractivity contribution is 7.10. The van der Waals surface area contributed by atoms with Gasteiger partial charge in [-0.15, -0.1) is 11.3 Å². The van der Waals surface area contributed by atoms with E-state index in [0.29, 0.717) is 46.6 Å². The highest BCUT2D eigenvalue weighted by Gasteiger charge is 2.31. The molecule has 0 radical (unpaired) electrons. The Morgan fingerprint density at radius 3 is 2.94 bits per heavy atom. The van der Waals surface area contributed by atoms with Crippen LogP contribution in [0.3, 0.4) is 0 Å². The molecular formula is C27H27ClF2N2O3S. The number of aliphatic carboxylic acids is 1. The van der Waals surface area contributed by atoms with Gasteiger partial charge in [-0.1, -0.05) is 23.4 Å². The molecule has 1 aromatic carbocycles. The fraction of sp³-hybridized carbons (Fsp3) is 0.407. The molecule has 0 amide bonds. The molecule has 5 nitrogen and oxygen atoms in total. The third-order valence-corrected chi connectivity index (χ3v) is 7.78. The number of ether oxygens (including phenoxy) is 1. The molecule has 1 saturated heterocycles. The van der Waals surface area contributed by atoms with E-state index in [1.165, 1.54) is 29.0 Å². The Balaban J connectivity index is 1.42. The quantitative estimate of drug-likeness (QED) is 0.342. The summed E-state index contributed by atoms with van der Waals surface area (Å²) in [6, 6.07) is 6.69. The van der Waals surface area contributed by atoms with Crippen LogP contribution < -0.4 is 4.74 Å². The van der Waals surface area contributed by atoms with Gasteiger partial charge in [-0.05, 0) is 55.8 Å². The van der Waals surface area contributed by atoms with Crippen molar-refractivity contribution in [3.8, 4) is 17.6 Å². The van der Waals surface area contributed by atoms with Crippen LogP contribution in [-0.2, 0) is 4.79 Å². The average molecular weight is 533 g/mol. The predicted octanol–water partition coefficient (Wildman–Crippen LogP) is 6.35. The van der Waals surface area contributed by atoms with Crippen molar-refractivity contribution >= 4 is 39.8 Å². The second-order valence-corrected chi connectivity index (χ2v) is 10.3. The Kier molecular flexibility index (Phi) is 8.78. The number of rotatable bonds is 8. The van der Waals surface area contributed by atoms with Crippen LogP contribution in [0, 0.1) is 29.5 Å². The Hall–Kier alpha value is -2.73. The second-order valence-electron chi connectivity index (χ2n) is 9.02. The van der Waals surface area contributed by atoms with Gasteiger partial charge in [0.25, 0.3) is 0 Å². The third kappa shape index (κ3) is 6.52. The molecule has 0 bridgehead atoms. The molecule has 3 atom stereocenters. The van der Waals surface area contributed by atoms with Gasteiger partial charge in [0, 0.05) is 41.6 Å². The number of benzene rings is 1. The zero-order valence-corrected chi connectivity index (χ0v) is 21.4. The van der Waals surface area contributed by atoms with Crippen molar-refractivity contribution in [2.45, 2.75) is 31.9 Å². The average Bonchev–Trinajstić information content (AvgIpc) is 3.27. The number of nitrogens with zero attached hydrogens (tertiary/aromatic N) is 2. The summed E-state index contributed by atoms with van der Waals surface area (Å²) in [5.41, 5.74) is 1.04. The number of pyridine rings is 1. The standard InChI is InChI=1S/C27H27ClF2N2O3S/c1-35-20-5-7-25-22(13-20)27(23(28)14-31-25)24(30)6-4-17-8-10-32(15-18(17)11-26(33)34)9-2-3-21-12-19(29)16-36-21/h5,7,12-14,16-18,24H,4,6,8-11,15H2,1H3,(H,33,34)/t17-,18+,24+/m1/s1. The Labute approximate surface area is 218 Å². The summed E-state index contributed by atoms with van der Waals surface area (Å²) in [6.45, 7) is 1.81. The molecule has 1 fully saturated rings. The summed E-state index contributed by atoms with van der Waals surface area (Å²) in [6.07, 6.45) is 1.74. The van der Waals surface area contributed by atoms with Crippen LogP contribution in [0.2, 0.25) is 5.02 Å². The fourth-order valence-corrected chi connectivity index (χ4v) is 5.76. The monoisotopic (exact) mass is 532 g/mol. The van der Waals surface area contributed by atoms with E-state index in [4.69, 9.17) is 16.3 Å². The first-order chi connectivity index (χ1) is 17.3. The number of carboxylic acids is 1. The smallest absolute Gasteiger partial charge is 0.303 e. The minimum absolute atomic E-state index is 0.0256. The zero-order chi connectivity index (χ0) is 25.7. The third-order valence-electron chi connectivity index (χ3n) is 6.67. The lowest BCUT2D eigenvalue weighted by Crippen LogP contribution is -2.41. The maximum atomic E-state index is 15.6. The number of hydrogen-bond acceptors (Lipinski definition) is 5. The number of alkyl halides is 1. The highest BCUT2D eigenvalue weighted by Crippen LogP contribution is 2.39. The number of piperidine rings is 1. The normalized spacial score (nSPS) is 19.0. The molecule has 190 valence electrons. The van der Waals surface area contributed by atoms with E-state index in [9.17, 15) is 14.3 Å². The molecule has 2 aromatic heterocycles. The van der Waals surface area contributed by atoms with Gasteiger partial charge in [0.1, 0.15) is 17.7 Å². The van der Waals surface area contributed by atoms with Crippen LogP contribution in [0.1, 0.15) is 42.3 Å². The van der Waals surface area contributed by atoms with Gasteiger partial charge in [0.15, 0.2) is 0 Å². The molecule has 3 heterocycles. The molecular weight excluding hydrogens is 506 g/mol.